The van der Waals surface area contributed by atoms with Gasteiger partial charge in [-0.05, 0) is 56.0 Å². The third-order valence-corrected chi connectivity index (χ3v) is 5.55. The molecule has 0 radical (unpaired) electrons. The monoisotopic (exact) mass is 338 g/mol. The summed E-state index contributed by atoms with van der Waals surface area (Å²) in [6.45, 7) is 2.62. The number of rotatable bonds is 6. The Bertz CT molecular complexity index is 620. The Kier molecular flexibility index (Phi) is 6.18. The first-order chi connectivity index (χ1) is 10.9. The third kappa shape index (κ3) is 5.62. The second kappa shape index (κ2) is 7.93. The molecule has 1 N–H and O–H groups in total. The zero-order chi connectivity index (χ0) is 16.9. The average molecular weight is 338 g/mol. The molecule has 1 heterocycles. The highest BCUT2D eigenvalue weighted by Crippen LogP contribution is 2.19. The highest BCUT2D eigenvalue weighted by Gasteiger charge is 2.16. The van der Waals surface area contributed by atoms with Gasteiger partial charge in [-0.1, -0.05) is 12.1 Å². The molecule has 1 aromatic rings. The zero-order valence-corrected chi connectivity index (χ0v) is 14.7. The molecule has 1 amide bonds. The van der Waals surface area contributed by atoms with Crippen LogP contribution < -0.4 is 5.32 Å². The molecule has 1 aliphatic heterocycles. The number of hydrogen-bond acceptors (Lipinski definition) is 4. The van der Waals surface area contributed by atoms with Crippen molar-refractivity contribution in [2.24, 2.45) is 5.92 Å². The molecular weight excluding hydrogens is 312 g/mol. The zero-order valence-electron chi connectivity index (χ0n) is 13.9. The lowest BCUT2D eigenvalue weighted by atomic mass is 9.93. The topological polar surface area (TPSA) is 66.5 Å². The molecule has 23 heavy (non-hydrogen) atoms. The Morgan fingerprint density at radius 1 is 1.22 bits per heavy atom. The van der Waals surface area contributed by atoms with Crippen LogP contribution in [0.2, 0.25) is 0 Å². The molecule has 0 bridgehead atoms. The number of carbonyl (C=O) groups is 1. The van der Waals surface area contributed by atoms with Crippen molar-refractivity contribution in [2.45, 2.75) is 37.1 Å². The molecule has 0 saturated carbocycles. The molecule has 2 rings (SSSR count). The van der Waals surface area contributed by atoms with Crippen LogP contribution in [-0.4, -0.2) is 45.6 Å². The van der Waals surface area contributed by atoms with Crippen LogP contribution in [-0.2, 0) is 21.2 Å². The molecule has 1 aromatic carbocycles. The van der Waals surface area contributed by atoms with Crippen molar-refractivity contribution in [3.63, 3.8) is 0 Å². The van der Waals surface area contributed by atoms with Crippen LogP contribution in [0.5, 0.6) is 0 Å². The third-order valence-electron chi connectivity index (χ3n) is 4.42. The Balaban J connectivity index is 1.83. The summed E-state index contributed by atoms with van der Waals surface area (Å²) < 4.78 is 22.9. The number of nitrogens with zero attached hydrogens (tertiary/aromatic N) is 1. The summed E-state index contributed by atoms with van der Waals surface area (Å²) in [7, 11) is -1.37. The van der Waals surface area contributed by atoms with Crippen molar-refractivity contribution in [3.8, 4) is 0 Å². The summed E-state index contributed by atoms with van der Waals surface area (Å²) in [6.07, 6.45) is 5.05. The molecule has 1 fully saturated rings. The minimum Gasteiger partial charge on any atom is -0.341 e. The molecule has 128 valence electrons. The van der Waals surface area contributed by atoms with E-state index in [0.29, 0.717) is 23.8 Å². The second-order valence-electron chi connectivity index (χ2n) is 6.40. The first-order valence-corrected chi connectivity index (χ1v) is 9.99. The minimum absolute atomic E-state index is 0.149. The normalized spacial score (nSPS) is 16.3. The van der Waals surface area contributed by atoms with E-state index in [4.69, 9.17) is 0 Å². The molecule has 0 aromatic heterocycles. The summed E-state index contributed by atoms with van der Waals surface area (Å²) in [5.74, 6) is 0.804. The van der Waals surface area contributed by atoms with Crippen LogP contribution in [0.3, 0.4) is 0 Å². The van der Waals surface area contributed by atoms with E-state index >= 15 is 0 Å². The van der Waals surface area contributed by atoms with Crippen molar-refractivity contribution in [1.82, 2.24) is 10.2 Å². The highest BCUT2D eigenvalue weighted by atomic mass is 32.2. The van der Waals surface area contributed by atoms with E-state index in [1.807, 2.05) is 0 Å². The first-order valence-electron chi connectivity index (χ1n) is 8.10. The molecular formula is C17H26N2O3S. The van der Waals surface area contributed by atoms with Gasteiger partial charge in [0.05, 0.1) is 4.90 Å². The van der Waals surface area contributed by atoms with Gasteiger partial charge < -0.3 is 10.2 Å². The van der Waals surface area contributed by atoms with Gasteiger partial charge in [0, 0.05) is 26.3 Å². The highest BCUT2D eigenvalue weighted by molar-refractivity contribution is 7.90. The summed E-state index contributed by atoms with van der Waals surface area (Å²) in [5.41, 5.74) is 0.940. The number of carbonyl (C=O) groups excluding carboxylic acids is 1. The van der Waals surface area contributed by atoms with E-state index in [9.17, 15) is 13.2 Å². The standard InChI is InChI=1S/C17H26N2O3S/c1-19(17(20)8-5-14-9-11-18-12-10-14)13-15-3-6-16(7-4-15)23(2,21)22/h3-4,6-7,14,18H,5,8-13H2,1-2H3. The minimum atomic E-state index is -3.17. The quantitative estimate of drug-likeness (QED) is 0.859. The van der Waals surface area contributed by atoms with Gasteiger partial charge in [0.15, 0.2) is 9.84 Å². The molecule has 0 spiro atoms. The predicted octanol–water partition coefficient (Wildman–Crippen LogP) is 1.83. The first kappa shape index (κ1) is 17.9. The van der Waals surface area contributed by atoms with Crippen LogP contribution in [0.15, 0.2) is 29.2 Å². The van der Waals surface area contributed by atoms with Gasteiger partial charge in [0.1, 0.15) is 0 Å². The van der Waals surface area contributed by atoms with Crippen LogP contribution in [0, 0.1) is 5.92 Å². The molecule has 0 atom stereocenters. The van der Waals surface area contributed by atoms with E-state index < -0.39 is 9.84 Å². The Hall–Kier alpha value is -1.40. The smallest absolute Gasteiger partial charge is 0.222 e. The van der Waals surface area contributed by atoms with Gasteiger partial charge in [-0.3, -0.25) is 4.79 Å². The number of hydrogen-bond donors (Lipinski definition) is 1. The van der Waals surface area contributed by atoms with E-state index in [1.165, 1.54) is 6.26 Å². The molecule has 0 aliphatic carbocycles. The van der Waals surface area contributed by atoms with Crippen molar-refractivity contribution in [2.75, 3.05) is 26.4 Å². The number of nitrogens with one attached hydrogen (secondary N) is 1. The number of piperidine rings is 1. The summed E-state index contributed by atoms with van der Waals surface area (Å²) in [6, 6.07) is 6.73. The van der Waals surface area contributed by atoms with Gasteiger partial charge >= 0.3 is 0 Å². The van der Waals surface area contributed by atoms with Crippen molar-refractivity contribution >= 4 is 15.7 Å². The number of sulfone groups is 1. The summed E-state index contributed by atoms with van der Waals surface area (Å²) in [4.78, 5) is 14.3. The van der Waals surface area contributed by atoms with Gasteiger partial charge in [0.2, 0.25) is 5.91 Å². The molecule has 1 aliphatic rings. The van der Waals surface area contributed by atoms with E-state index in [0.717, 1.165) is 37.9 Å². The van der Waals surface area contributed by atoms with Gasteiger partial charge in [-0.25, -0.2) is 8.42 Å². The van der Waals surface area contributed by atoms with E-state index in [2.05, 4.69) is 5.32 Å². The second-order valence-corrected chi connectivity index (χ2v) is 8.41. The van der Waals surface area contributed by atoms with Gasteiger partial charge in [-0.15, -0.1) is 0 Å². The maximum atomic E-state index is 12.2. The molecule has 1 saturated heterocycles. The molecule has 5 nitrogen and oxygen atoms in total. The largest absolute Gasteiger partial charge is 0.341 e. The van der Waals surface area contributed by atoms with Crippen LogP contribution in [0.4, 0.5) is 0 Å². The maximum Gasteiger partial charge on any atom is 0.222 e. The van der Waals surface area contributed by atoms with Crippen molar-refractivity contribution in [3.05, 3.63) is 29.8 Å². The fourth-order valence-electron chi connectivity index (χ4n) is 2.89. The Morgan fingerprint density at radius 3 is 2.39 bits per heavy atom. The SMILES string of the molecule is CN(Cc1ccc(S(C)(=O)=O)cc1)C(=O)CCC1CCNCC1. The van der Waals surface area contributed by atoms with Gasteiger partial charge in [-0.2, -0.15) is 0 Å². The average Bonchev–Trinajstić information content (AvgIpc) is 2.53. The maximum absolute atomic E-state index is 12.2. The number of amides is 1. The lowest BCUT2D eigenvalue weighted by Crippen LogP contribution is -2.30. The van der Waals surface area contributed by atoms with Crippen molar-refractivity contribution in [1.29, 1.82) is 0 Å². The summed E-state index contributed by atoms with van der Waals surface area (Å²) >= 11 is 0. The molecule has 0 unspecified atom stereocenters. The fourth-order valence-corrected chi connectivity index (χ4v) is 3.52. The van der Waals surface area contributed by atoms with Crippen LogP contribution in [0.25, 0.3) is 0 Å². The number of benzene rings is 1. The van der Waals surface area contributed by atoms with E-state index in [-0.39, 0.29) is 5.91 Å². The Morgan fingerprint density at radius 2 is 1.83 bits per heavy atom. The van der Waals surface area contributed by atoms with E-state index in [1.54, 1.807) is 36.2 Å². The lowest BCUT2D eigenvalue weighted by molar-refractivity contribution is -0.130. The van der Waals surface area contributed by atoms with Crippen LogP contribution in [0.1, 0.15) is 31.2 Å². The fraction of sp³-hybridized carbons (Fsp3) is 0.588. The molecule has 6 heteroatoms. The summed E-state index contributed by atoms with van der Waals surface area (Å²) in [5, 5.41) is 3.33. The predicted molar refractivity (Wildman–Crippen MR) is 90.9 cm³/mol. The van der Waals surface area contributed by atoms with Gasteiger partial charge in [0.25, 0.3) is 0 Å². The van der Waals surface area contributed by atoms with Crippen LogP contribution >= 0.6 is 0 Å². The lowest BCUT2D eigenvalue weighted by Gasteiger charge is -2.23. The van der Waals surface area contributed by atoms with Crippen molar-refractivity contribution < 1.29 is 13.2 Å². The Labute approximate surface area is 139 Å².